The van der Waals surface area contributed by atoms with Crippen LogP contribution in [0.15, 0.2) is 42.5 Å². The molecule has 1 aromatic heterocycles. The van der Waals surface area contributed by atoms with Gasteiger partial charge in [-0.15, -0.1) is 0 Å². The third kappa shape index (κ3) is 4.11. The van der Waals surface area contributed by atoms with E-state index in [4.69, 9.17) is 13.3 Å². The number of fused-ring (bicyclic) bond motifs is 3. The Morgan fingerprint density at radius 2 is 1.41 bits per heavy atom. The van der Waals surface area contributed by atoms with Crippen molar-refractivity contribution in [3.8, 4) is 0 Å². The lowest BCUT2D eigenvalue weighted by Crippen LogP contribution is -2.46. The first-order valence-electron chi connectivity index (χ1n) is 10.1. The van der Waals surface area contributed by atoms with E-state index in [9.17, 15) is 0 Å². The summed E-state index contributed by atoms with van der Waals surface area (Å²) in [5.74, 6) is 0. The fourth-order valence-electron chi connectivity index (χ4n) is 3.90. The summed E-state index contributed by atoms with van der Waals surface area (Å²) < 4.78 is 20.4. The van der Waals surface area contributed by atoms with Crippen molar-refractivity contribution in [1.29, 1.82) is 0 Å². The van der Waals surface area contributed by atoms with Gasteiger partial charge in [0.15, 0.2) is 0 Å². The molecule has 4 nitrogen and oxygen atoms in total. The van der Waals surface area contributed by atoms with Gasteiger partial charge in [0.05, 0.1) is 0 Å². The van der Waals surface area contributed by atoms with Crippen molar-refractivity contribution in [3.05, 3.63) is 48.0 Å². The van der Waals surface area contributed by atoms with Crippen molar-refractivity contribution in [2.45, 2.75) is 46.7 Å². The van der Waals surface area contributed by atoms with Crippen molar-refractivity contribution in [1.82, 2.24) is 4.57 Å². The van der Waals surface area contributed by atoms with Crippen LogP contribution in [0.2, 0.25) is 6.04 Å². The Kier molecular flexibility index (Phi) is 6.71. The van der Waals surface area contributed by atoms with Gasteiger partial charge in [-0.2, -0.15) is 0 Å². The fourth-order valence-corrected chi connectivity index (χ4v) is 6.49. The lowest BCUT2D eigenvalue weighted by molar-refractivity contribution is 0.0714. The molecule has 146 valence electrons. The standard InChI is InChI=1S/C22H31NO3Si/c1-5-23-21-12-10-9-11-19(21)20-17-18(13-14-22(20)23)15-16-27(24-6-2,25-7-3)26-8-4/h9-14,17H,5-8,15-16H2,1-4H3. The first kappa shape index (κ1) is 20.1. The van der Waals surface area contributed by atoms with Crippen molar-refractivity contribution >= 4 is 30.6 Å². The maximum Gasteiger partial charge on any atom is 0.501 e. The monoisotopic (exact) mass is 385 g/mol. The number of para-hydroxylation sites is 1. The SMILES string of the molecule is CCO[Si](CCc1ccc2c(c1)c1ccccc1n2CC)(OCC)OCC. The minimum atomic E-state index is -2.61. The first-order valence-corrected chi connectivity index (χ1v) is 12.0. The van der Waals surface area contributed by atoms with Gasteiger partial charge >= 0.3 is 8.80 Å². The average Bonchev–Trinajstić information content (AvgIpc) is 3.00. The highest BCUT2D eigenvalue weighted by atomic mass is 28.4. The third-order valence-corrected chi connectivity index (χ3v) is 8.01. The summed E-state index contributed by atoms with van der Waals surface area (Å²) in [7, 11) is -2.61. The molecule has 0 unspecified atom stereocenters. The van der Waals surface area contributed by atoms with Crippen LogP contribution >= 0.6 is 0 Å². The summed E-state index contributed by atoms with van der Waals surface area (Å²) in [5.41, 5.74) is 3.90. The van der Waals surface area contributed by atoms with Crippen molar-refractivity contribution in [2.75, 3.05) is 19.8 Å². The van der Waals surface area contributed by atoms with Crippen LogP contribution < -0.4 is 0 Å². The van der Waals surface area contributed by atoms with Gasteiger partial charge in [0.1, 0.15) is 0 Å². The molecule has 0 amide bonds. The summed E-state index contributed by atoms with van der Waals surface area (Å²) in [5, 5.41) is 2.64. The highest BCUT2D eigenvalue weighted by molar-refractivity contribution is 6.60. The molecule has 3 rings (SSSR count). The summed E-state index contributed by atoms with van der Waals surface area (Å²) in [6.07, 6.45) is 0.897. The Bertz CT molecular complexity index is 873. The molecule has 0 fully saturated rings. The van der Waals surface area contributed by atoms with Gasteiger partial charge < -0.3 is 17.8 Å². The summed E-state index contributed by atoms with van der Waals surface area (Å²) >= 11 is 0. The number of rotatable bonds is 10. The van der Waals surface area contributed by atoms with Gasteiger partial charge in [-0.3, -0.25) is 0 Å². The van der Waals surface area contributed by atoms with Gasteiger partial charge in [-0.1, -0.05) is 24.3 Å². The molecular formula is C22H31NO3Si. The van der Waals surface area contributed by atoms with Crippen LogP contribution in [0.1, 0.15) is 33.3 Å². The fraction of sp³-hybridized carbons (Fsp3) is 0.455. The van der Waals surface area contributed by atoms with E-state index in [1.807, 2.05) is 20.8 Å². The molecule has 5 heteroatoms. The molecule has 2 aromatic carbocycles. The van der Waals surface area contributed by atoms with E-state index in [1.54, 1.807) is 0 Å². The smallest absolute Gasteiger partial charge is 0.374 e. The molecule has 0 saturated heterocycles. The minimum Gasteiger partial charge on any atom is -0.374 e. The Balaban J connectivity index is 1.92. The van der Waals surface area contributed by atoms with Crippen LogP contribution in [0.4, 0.5) is 0 Å². The van der Waals surface area contributed by atoms with Crippen molar-refractivity contribution < 1.29 is 13.3 Å². The van der Waals surface area contributed by atoms with Crippen LogP contribution in [0.5, 0.6) is 0 Å². The zero-order valence-electron chi connectivity index (χ0n) is 17.0. The molecule has 3 aromatic rings. The van der Waals surface area contributed by atoms with Gasteiger partial charge in [-0.05, 0) is 57.9 Å². The molecule has 0 atom stereocenters. The van der Waals surface area contributed by atoms with Gasteiger partial charge in [0.25, 0.3) is 0 Å². The highest BCUT2D eigenvalue weighted by Crippen LogP contribution is 2.30. The van der Waals surface area contributed by atoms with E-state index in [-0.39, 0.29) is 0 Å². The number of benzene rings is 2. The van der Waals surface area contributed by atoms with Crippen LogP contribution in [0, 0.1) is 0 Å². The predicted molar refractivity (Wildman–Crippen MR) is 114 cm³/mol. The molecule has 0 spiro atoms. The van der Waals surface area contributed by atoms with E-state index >= 15 is 0 Å². The molecule has 0 aliphatic rings. The van der Waals surface area contributed by atoms with Crippen LogP contribution in [-0.4, -0.2) is 33.2 Å². The maximum absolute atomic E-state index is 6.00. The second kappa shape index (κ2) is 9.02. The third-order valence-electron chi connectivity index (χ3n) is 4.97. The second-order valence-corrected chi connectivity index (χ2v) is 9.33. The quantitative estimate of drug-likeness (QED) is 0.438. The topological polar surface area (TPSA) is 32.6 Å². The number of hydrogen-bond donors (Lipinski definition) is 0. The molecule has 1 heterocycles. The van der Waals surface area contributed by atoms with E-state index in [2.05, 4.69) is 54.0 Å². The molecule has 27 heavy (non-hydrogen) atoms. The minimum absolute atomic E-state index is 0.620. The molecule has 0 aliphatic carbocycles. The second-order valence-electron chi connectivity index (χ2n) is 6.59. The van der Waals surface area contributed by atoms with Gasteiger partial charge in [0, 0.05) is 54.2 Å². The van der Waals surface area contributed by atoms with Crippen LogP contribution in [0.3, 0.4) is 0 Å². The Labute approximate surface area is 163 Å². The lowest BCUT2D eigenvalue weighted by atomic mass is 10.1. The van der Waals surface area contributed by atoms with E-state index < -0.39 is 8.80 Å². The summed E-state index contributed by atoms with van der Waals surface area (Å²) in [4.78, 5) is 0. The predicted octanol–water partition coefficient (Wildman–Crippen LogP) is 5.41. The Morgan fingerprint density at radius 3 is 2.04 bits per heavy atom. The maximum atomic E-state index is 6.00. The molecule has 0 N–H and O–H groups in total. The van der Waals surface area contributed by atoms with Gasteiger partial charge in [-0.25, -0.2) is 0 Å². The number of hydrogen-bond acceptors (Lipinski definition) is 3. The van der Waals surface area contributed by atoms with Crippen molar-refractivity contribution in [2.24, 2.45) is 0 Å². The summed E-state index contributed by atoms with van der Waals surface area (Å²) in [6.45, 7) is 11.0. The number of aromatic nitrogens is 1. The molecule has 0 aliphatic heterocycles. The van der Waals surface area contributed by atoms with Crippen LogP contribution in [0.25, 0.3) is 21.8 Å². The Hall–Kier alpha value is -1.66. The molecule has 0 saturated carbocycles. The lowest BCUT2D eigenvalue weighted by Gasteiger charge is -2.28. The number of aryl methyl sites for hydroxylation is 2. The first-order chi connectivity index (χ1) is 13.2. The molecule has 0 bridgehead atoms. The average molecular weight is 386 g/mol. The summed E-state index contributed by atoms with van der Waals surface area (Å²) in [6, 6.07) is 16.3. The number of nitrogens with zero attached hydrogens (tertiary/aromatic N) is 1. The van der Waals surface area contributed by atoms with Crippen LogP contribution in [-0.2, 0) is 26.2 Å². The zero-order valence-corrected chi connectivity index (χ0v) is 18.0. The zero-order chi connectivity index (χ0) is 19.3. The highest BCUT2D eigenvalue weighted by Gasteiger charge is 2.39. The molecular weight excluding hydrogens is 354 g/mol. The van der Waals surface area contributed by atoms with E-state index in [0.717, 1.165) is 19.0 Å². The Morgan fingerprint density at radius 1 is 0.778 bits per heavy atom. The van der Waals surface area contributed by atoms with E-state index in [1.165, 1.54) is 27.4 Å². The largest absolute Gasteiger partial charge is 0.501 e. The molecule has 0 radical (unpaired) electrons. The van der Waals surface area contributed by atoms with Crippen molar-refractivity contribution in [3.63, 3.8) is 0 Å². The van der Waals surface area contributed by atoms with Gasteiger partial charge in [0.2, 0.25) is 0 Å². The van der Waals surface area contributed by atoms with E-state index in [0.29, 0.717) is 19.8 Å². The normalized spacial score (nSPS) is 12.3.